The summed E-state index contributed by atoms with van der Waals surface area (Å²) >= 11 is 0. The van der Waals surface area contributed by atoms with Crippen LogP contribution in [-0.2, 0) is 11.2 Å². The third kappa shape index (κ3) is 10.2. The van der Waals surface area contributed by atoms with Gasteiger partial charge in [0.25, 0.3) is 0 Å². The lowest BCUT2D eigenvalue weighted by atomic mass is 9.83. The van der Waals surface area contributed by atoms with Crippen molar-refractivity contribution in [1.82, 2.24) is 10.2 Å². The predicted octanol–water partition coefficient (Wildman–Crippen LogP) is 3.05. The van der Waals surface area contributed by atoms with Gasteiger partial charge in [-0.15, -0.1) is 0 Å². The molecule has 8 nitrogen and oxygen atoms in total. The van der Waals surface area contributed by atoms with Crippen molar-refractivity contribution in [1.29, 1.82) is 0 Å². The fourth-order valence-corrected chi connectivity index (χ4v) is 3.71. The highest BCUT2D eigenvalue weighted by Gasteiger charge is 2.24. The summed E-state index contributed by atoms with van der Waals surface area (Å²) in [7, 11) is 3.31. The second kappa shape index (κ2) is 15.7. The van der Waals surface area contributed by atoms with Crippen molar-refractivity contribution in [3.63, 3.8) is 0 Å². The Balaban J connectivity index is 2.74. The fraction of sp³-hybridized carbons (Fsp3) is 0.720. The van der Waals surface area contributed by atoms with Crippen molar-refractivity contribution in [2.45, 2.75) is 59.1 Å². The Kier molecular flexibility index (Phi) is 13.8. The quantitative estimate of drug-likeness (QED) is 0.323. The fourth-order valence-electron chi connectivity index (χ4n) is 3.71. The first-order valence-electron chi connectivity index (χ1n) is 12.0. The van der Waals surface area contributed by atoms with Crippen LogP contribution in [0.5, 0.6) is 11.5 Å². The number of carbonyl (C=O) groups is 1. The summed E-state index contributed by atoms with van der Waals surface area (Å²) in [5.74, 6) is 2.06. The zero-order valence-corrected chi connectivity index (χ0v) is 21.3. The van der Waals surface area contributed by atoms with Gasteiger partial charge in [0, 0.05) is 45.8 Å². The Morgan fingerprint density at radius 2 is 1.85 bits per heavy atom. The van der Waals surface area contributed by atoms with E-state index in [-0.39, 0.29) is 18.5 Å². The molecule has 33 heavy (non-hydrogen) atoms. The van der Waals surface area contributed by atoms with Gasteiger partial charge in [0.2, 0.25) is 0 Å². The SMILES string of the molecule is CCN(CC)C(=O)NC[C@H](O)[C@@H](N)C[C@H](Cc1ccc(OC)c(OCCCOC)c1)C(C)C. The average molecular weight is 468 g/mol. The molecule has 1 aromatic rings. The highest BCUT2D eigenvalue weighted by atomic mass is 16.5. The van der Waals surface area contributed by atoms with Gasteiger partial charge >= 0.3 is 6.03 Å². The van der Waals surface area contributed by atoms with E-state index in [4.69, 9.17) is 19.9 Å². The van der Waals surface area contributed by atoms with E-state index in [2.05, 4.69) is 19.2 Å². The van der Waals surface area contributed by atoms with E-state index >= 15 is 0 Å². The first-order chi connectivity index (χ1) is 15.8. The number of nitrogens with zero attached hydrogens (tertiary/aromatic N) is 1. The lowest BCUT2D eigenvalue weighted by Gasteiger charge is -2.28. The molecule has 0 heterocycles. The molecule has 0 saturated carbocycles. The number of benzene rings is 1. The van der Waals surface area contributed by atoms with Gasteiger partial charge in [0.1, 0.15) is 0 Å². The van der Waals surface area contributed by atoms with Gasteiger partial charge in [-0.3, -0.25) is 0 Å². The maximum absolute atomic E-state index is 12.1. The van der Waals surface area contributed by atoms with E-state index in [1.54, 1.807) is 19.1 Å². The van der Waals surface area contributed by atoms with Gasteiger partial charge in [0.15, 0.2) is 11.5 Å². The van der Waals surface area contributed by atoms with Crippen molar-refractivity contribution in [2.75, 3.05) is 47.1 Å². The molecule has 4 N–H and O–H groups in total. The molecule has 3 atom stereocenters. The Morgan fingerprint density at radius 1 is 1.15 bits per heavy atom. The zero-order valence-electron chi connectivity index (χ0n) is 21.3. The Morgan fingerprint density at radius 3 is 2.42 bits per heavy atom. The molecule has 0 aromatic heterocycles. The van der Waals surface area contributed by atoms with Gasteiger partial charge in [-0.25, -0.2) is 4.79 Å². The van der Waals surface area contributed by atoms with Gasteiger partial charge in [-0.05, 0) is 56.2 Å². The number of hydrogen-bond acceptors (Lipinski definition) is 6. The largest absolute Gasteiger partial charge is 0.493 e. The first-order valence-corrected chi connectivity index (χ1v) is 12.0. The number of hydrogen-bond donors (Lipinski definition) is 3. The molecular formula is C25H45N3O5. The number of amides is 2. The molecule has 0 fully saturated rings. The number of aliphatic hydroxyl groups is 1. The Hall–Kier alpha value is -2.03. The minimum atomic E-state index is -0.804. The molecule has 0 unspecified atom stereocenters. The minimum absolute atomic E-state index is 0.142. The molecule has 8 heteroatoms. The molecule has 1 rings (SSSR count). The van der Waals surface area contributed by atoms with E-state index in [0.717, 1.165) is 24.2 Å². The summed E-state index contributed by atoms with van der Waals surface area (Å²) in [6.07, 6.45) is 1.45. The molecule has 0 spiro atoms. The molecule has 0 saturated heterocycles. The third-order valence-corrected chi connectivity index (χ3v) is 6.00. The third-order valence-electron chi connectivity index (χ3n) is 6.00. The monoisotopic (exact) mass is 467 g/mol. The first kappa shape index (κ1) is 29.0. The summed E-state index contributed by atoms with van der Waals surface area (Å²) in [6.45, 7) is 10.8. The predicted molar refractivity (Wildman–Crippen MR) is 132 cm³/mol. The molecule has 190 valence electrons. The zero-order chi connectivity index (χ0) is 24.8. The number of rotatable bonds is 16. The highest BCUT2D eigenvalue weighted by molar-refractivity contribution is 5.74. The average Bonchev–Trinajstić information content (AvgIpc) is 2.80. The minimum Gasteiger partial charge on any atom is -0.493 e. The van der Waals surface area contributed by atoms with Crippen LogP contribution in [0.4, 0.5) is 4.79 Å². The normalized spacial score (nSPS) is 14.0. The van der Waals surface area contributed by atoms with E-state index in [1.165, 1.54) is 0 Å². The summed E-state index contributed by atoms with van der Waals surface area (Å²) in [5, 5.41) is 13.3. The smallest absolute Gasteiger partial charge is 0.317 e. The van der Waals surface area contributed by atoms with Crippen molar-refractivity contribution in [3.05, 3.63) is 23.8 Å². The Bertz CT molecular complexity index is 682. The van der Waals surface area contributed by atoms with Gasteiger partial charge < -0.3 is 35.3 Å². The van der Waals surface area contributed by atoms with Crippen LogP contribution in [0.3, 0.4) is 0 Å². The van der Waals surface area contributed by atoms with Crippen LogP contribution in [0, 0.1) is 11.8 Å². The second-order valence-corrected chi connectivity index (χ2v) is 8.71. The number of ether oxygens (including phenoxy) is 3. The van der Waals surface area contributed by atoms with Crippen LogP contribution in [0.2, 0.25) is 0 Å². The van der Waals surface area contributed by atoms with Gasteiger partial charge in [-0.1, -0.05) is 19.9 Å². The topological polar surface area (TPSA) is 106 Å². The summed E-state index contributed by atoms with van der Waals surface area (Å²) in [5.41, 5.74) is 7.47. The van der Waals surface area contributed by atoms with Crippen molar-refractivity contribution >= 4 is 6.03 Å². The summed E-state index contributed by atoms with van der Waals surface area (Å²) in [6, 6.07) is 5.38. The second-order valence-electron chi connectivity index (χ2n) is 8.71. The molecule has 0 aliphatic rings. The van der Waals surface area contributed by atoms with Crippen LogP contribution in [0.1, 0.15) is 46.1 Å². The van der Waals surface area contributed by atoms with Crippen LogP contribution in [0.25, 0.3) is 0 Å². The van der Waals surface area contributed by atoms with Crippen molar-refractivity contribution < 1.29 is 24.1 Å². The van der Waals surface area contributed by atoms with E-state index in [0.29, 0.717) is 44.4 Å². The summed E-state index contributed by atoms with van der Waals surface area (Å²) in [4.78, 5) is 13.8. The maximum Gasteiger partial charge on any atom is 0.317 e. The van der Waals surface area contributed by atoms with E-state index in [1.807, 2.05) is 32.0 Å². The van der Waals surface area contributed by atoms with Crippen molar-refractivity contribution in [3.8, 4) is 11.5 Å². The highest BCUT2D eigenvalue weighted by Crippen LogP contribution is 2.31. The van der Waals surface area contributed by atoms with Gasteiger partial charge in [0.05, 0.1) is 19.8 Å². The maximum atomic E-state index is 12.1. The van der Waals surface area contributed by atoms with Crippen LogP contribution >= 0.6 is 0 Å². The Labute approximate surface area is 199 Å². The van der Waals surface area contributed by atoms with Crippen LogP contribution in [-0.4, -0.2) is 75.3 Å². The number of methoxy groups -OCH3 is 2. The van der Waals surface area contributed by atoms with Gasteiger partial charge in [-0.2, -0.15) is 0 Å². The standard InChI is InChI=1S/C25H45N3O5/c1-7-28(8-2)25(30)27-17-22(29)21(26)16-20(18(3)4)14-19-10-11-23(32-6)24(15-19)33-13-9-12-31-5/h10-11,15,18,20-22,29H,7-9,12-14,16-17,26H2,1-6H3,(H,27,30)/t20-,21-,22-/m0/s1. The summed E-state index contributed by atoms with van der Waals surface area (Å²) < 4.78 is 16.4. The van der Waals surface area contributed by atoms with Crippen LogP contribution in [0.15, 0.2) is 18.2 Å². The molecule has 0 bridgehead atoms. The number of nitrogens with one attached hydrogen (secondary N) is 1. The molecule has 0 aliphatic carbocycles. The molecule has 1 aromatic carbocycles. The number of aliphatic hydroxyl groups excluding tert-OH is 1. The number of nitrogens with two attached hydrogens (primary N) is 1. The van der Waals surface area contributed by atoms with Crippen molar-refractivity contribution in [2.24, 2.45) is 17.6 Å². The molecule has 0 aliphatic heterocycles. The van der Waals surface area contributed by atoms with Crippen LogP contribution < -0.4 is 20.5 Å². The molecular weight excluding hydrogens is 422 g/mol. The van der Waals surface area contributed by atoms with E-state index in [9.17, 15) is 9.90 Å². The molecule has 2 amide bonds. The lowest BCUT2D eigenvalue weighted by Crippen LogP contribution is -2.48. The molecule has 0 radical (unpaired) electrons. The lowest BCUT2D eigenvalue weighted by molar-refractivity contribution is 0.122. The van der Waals surface area contributed by atoms with E-state index < -0.39 is 12.1 Å². The number of carbonyl (C=O) groups excluding carboxylic acids is 1. The number of urea groups is 1.